The SMILES string of the molecule is O=C(O)c1ccc(-c2cc3c(Cl)ncnc3[nH]2)cc1. The number of nitrogens with one attached hydrogen (secondary N) is 1. The Bertz CT molecular complexity index is 765. The quantitative estimate of drug-likeness (QED) is 0.704. The molecule has 0 saturated carbocycles. The molecule has 0 saturated heterocycles. The summed E-state index contributed by atoms with van der Waals surface area (Å²) in [6.07, 6.45) is 1.39. The van der Waals surface area contributed by atoms with Crippen LogP contribution in [0.15, 0.2) is 36.7 Å². The Morgan fingerprint density at radius 2 is 1.95 bits per heavy atom. The molecular weight excluding hydrogens is 266 g/mol. The number of nitrogens with zero attached hydrogens (tertiary/aromatic N) is 2. The molecule has 94 valence electrons. The largest absolute Gasteiger partial charge is 0.478 e. The van der Waals surface area contributed by atoms with Crippen LogP contribution in [0, 0.1) is 0 Å². The van der Waals surface area contributed by atoms with Gasteiger partial charge >= 0.3 is 5.97 Å². The Kier molecular flexibility index (Phi) is 2.68. The summed E-state index contributed by atoms with van der Waals surface area (Å²) in [4.78, 5) is 21.9. The third kappa shape index (κ3) is 2.04. The number of carbonyl (C=O) groups is 1. The number of aromatic carboxylic acids is 1. The number of carboxylic acid groups (broad SMARTS) is 1. The highest BCUT2D eigenvalue weighted by atomic mass is 35.5. The van der Waals surface area contributed by atoms with E-state index >= 15 is 0 Å². The van der Waals surface area contributed by atoms with Gasteiger partial charge in [0.15, 0.2) is 0 Å². The van der Waals surface area contributed by atoms with Crippen molar-refractivity contribution in [3.63, 3.8) is 0 Å². The molecule has 0 fully saturated rings. The molecule has 2 heterocycles. The second kappa shape index (κ2) is 4.37. The number of H-pyrrole nitrogens is 1. The molecule has 0 aliphatic rings. The maximum Gasteiger partial charge on any atom is 0.335 e. The van der Waals surface area contributed by atoms with Gasteiger partial charge in [-0.1, -0.05) is 23.7 Å². The van der Waals surface area contributed by atoms with Gasteiger partial charge < -0.3 is 10.1 Å². The van der Waals surface area contributed by atoms with Crippen LogP contribution in [-0.4, -0.2) is 26.0 Å². The summed E-state index contributed by atoms with van der Waals surface area (Å²) in [6, 6.07) is 8.41. The number of halogens is 1. The van der Waals surface area contributed by atoms with E-state index in [-0.39, 0.29) is 5.56 Å². The first kappa shape index (κ1) is 11.7. The Labute approximate surface area is 112 Å². The van der Waals surface area contributed by atoms with Gasteiger partial charge in [0.25, 0.3) is 0 Å². The lowest BCUT2D eigenvalue weighted by Crippen LogP contribution is -1.94. The number of aromatic nitrogens is 3. The first-order valence-electron chi connectivity index (χ1n) is 5.48. The van der Waals surface area contributed by atoms with Crippen LogP contribution in [-0.2, 0) is 0 Å². The molecular formula is C13H8ClN3O2. The summed E-state index contributed by atoms with van der Waals surface area (Å²) in [7, 11) is 0. The highest BCUT2D eigenvalue weighted by Crippen LogP contribution is 2.26. The fourth-order valence-corrected chi connectivity index (χ4v) is 2.05. The molecule has 0 bridgehead atoms. The molecule has 0 aliphatic heterocycles. The number of hydrogen-bond acceptors (Lipinski definition) is 3. The zero-order valence-corrected chi connectivity index (χ0v) is 10.3. The van der Waals surface area contributed by atoms with E-state index in [4.69, 9.17) is 16.7 Å². The second-order valence-electron chi connectivity index (χ2n) is 3.99. The number of benzene rings is 1. The lowest BCUT2D eigenvalue weighted by atomic mass is 10.1. The normalized spacial score (nSPS) is 10.8. The maximum absolute atomic E-state index is 10.8. The lowest BCUT2D eigenvalue weighted by molar-refractivity contribution is 0.0697. The number of aromatic amines is 1. The highest BCUT2D eigenvalue weighted by molar-refractivity contribution is 6.34. The van der Waals surface area contributed by atoms with Crippen LogP contribution < -0.4 is 0 Å². The second-order valence-corrected chi connectivity index (χ2v) is 4.35. The van der Waals surface area contributed by atoms with Gasteiger partial charge in [0.1, 0.15) is 17.1 Å². The third-order valence-electron chi connectivity index (χ3n) is 2.82. The highest BCUT2D eigenvalue weighted by Gasteiger charge is 2.08. The third-order valence-corrected chi connectivity index (χ3v) is 3.12. The molecule has 2 N–H and O–H groups in total. The van der Waals surface area contributed by atoms with E-state index in [1.165, 1.54) is 6.33 Å². The summed E-state index contributed by atoms with van der Waals surface area (Å²) in [6.45, 7) is 0. The van der Waals surface area contributed by atoms with Crippen molar-refractivity contribution in [1.82, 2.24) is 15.0 Å². The summed E-state index contributed by atoms with van der Waals surface area (Å²) < 4.78 is 0. The van der Waals surface area contributed by atoms with E-state index in [2.05, 4.69) is 15.0 Å². The Balaban J connectivity index is 2.09. The predicted octanol–water partition coefficient (Wildman–Crippen LogP) is 2.98. The number of carboxylic acids is 1. The van der Waals surface area contributed by atoms with Crippen molar-refractivity contribution in [3.8, 4) is 11.3 Å². The molecule has 0 amide bonds. The molecule has 0 spiro atoms. The molecule has 5 nitrogen and oxygen atoms in total. The lowest BCUT2D eigenvalue weighted by Gasteiger charge is -1.98. The molecule has 2 aromatic heterocycles. The van der Waals surface area contributed by atoms with Gasteiger partial charge in [0.05, 0.1) is 10.9 Å². The molecule has 0 atom stereocenters. The zero-order valence-electron chi connectivity index (χ0n) is 9.59. The van der Waals surface area contributed by atoms with Crippen LogP contribution in [0.1, 0.15) is 10.4 Å². The van der Waals surface area contributed by atoms with Crippen molar-refractivity contribution >= 4 is 28.6 Å². The fraction of sp³-hybridized carbons (Fsp3) is 0. The molecule has 6 heteroatoms. The molecule has 0 radical (unpaired) electrons. The average Bonchev–Trinajstić information content (AvgIpc) is 2.84. The van der Waals surface area contributed by atoms with Crippen LogP contribution in [0.2, 0.25) is 5.15 Å². The van der Waals surface area contributed by atoms with Gasteiger partial charge in [-0.25, -0.2) is 14.8 Å². The Hall–Kier alpha value is -2.40. The van der Waals surface area contributed by atoms with Crippen LogP contribution in [0.5, 0.6) is 0 Å². The topological polar surface area (TPSA) is 78.9 Å². The maximum atomic E-state index is 10.8. The molecule has 0 aliphatic carbocycles. The Morgan fingerprint density at radius 3 is 2.58 bits per heavy atom. The van der Waals surface area contributed by atoms with E-state index in [9.17, 15) is 4.79 Å². The first-order chi connectivity index (χ1) is 9.15. The molecule has 0 unspecified atom stereocenters. The van der Waals surface area contributed by atoms with Crippen molar-refractivity contribution < 1.29 is 9.90 Å². The standard InChI is InChI=1S/C13H8ClN3O2/c14-11-9-5-10(17-12(9)16-6-15-11)7-1-3-8(4-2-7)13(18)19/h1-6H,(H,18,19)(H,15,16,17). The smallest absolute Gasteiger partial charge is 0.335 e. The van der Waals surface area contributed by atoms with Crippen LogP contribution >= 0.6 is 11.6 Å². The van der Waals surface area contributed by atoms with E-state index in [0.29, 0.717) is 10.8 Å². The summed E-state index contributed by atoms with van der Waals surface area (Å²) in [5.74, 6) is -0.947. The van der Waals surface area contributed by atoms with Crippen molar-refractivity contribution in [1.29, 1.82) is 0 Å². The average molecular weight is 274 g/mol. The minimum Gasteiger partial charge on any atom is -0.478 e. The summed E-state index contributed by atoms with van der Waals surface area (Å²) >= 11 is 5.98. The van der Waals surface area contributed by atoms with Crippen molar-refractivity contribution in [2.75, 3.05) is 0 Å². The first-order valence-corrected chi connectivity index (χ1v) is 5.86. The number of rotatable bonds is 2. The van der Waals surface area contributed by atoms with Crippen molar-refractivity contribution in [2.24, 2.45) is 0 Å². The fourth-order valence-electron chi connectivity index (χ4n) is 1.86. The van der Waals surface area contributed by atoms with E-state index in [1.807, 2.05) is 6.07 Å². The minimum absolute atomic E-state index is 0.248. The van der Waals surface area contributed by atoms with Crippen molar-refractivity contribution in [3.05, 3.63) is 47.4 Å². The van der Waals surface area contributed by atoms with Gasteiger partial charge in [0, 0.05) is 5.69 Å². The van der Waals surface area contributed by atoms with Gasteiger partial charge in [-0.2, -0.15) is 0 Å². The molecule has 3 rings (SSSR count). The van der Waals surface area contributed by atoms with E-state index in [0.717, 1.165) is 16.6 Å². The van der Waals surface area contributed by atoms with Gasteiger partial charge in [0.2, 0.25) is 0 Å². The Morgan fingerprint density at radius 1 is 1.21 bits per heavy atom. The molecule has 3 aromatic rings. The van der Waals surface area contributed by atoms with E-state index < -0.39 is 5.97 Å². The van der Waals surface area contributed by atoms with Crippen LogP contribution in [0.4, 0.5) is 0 Å². The zero-order chi connectivity index (χ0) is 13.4. The summed E-state index contributed by atoms with van der Waals surface area (Å²) in [5, 5.41) is 9.97. The van der Waals surface area contributed by atoms with E-state index in [1.54, 1.807) is 24.3 Å². The van der Waals surface area contributed by atoms with Crippen LogP contribution in [0.25, 0.3) is 22.3 Å². The monoisotopic (exact) mass is 273 g/mol. The minimum atomic E-state index is -0.947. The molecule has 19 heavy (non-hydrogen) atoms. The van der Waals surface area contributed by atoms with Gasteiger partial charge in [-0.05, 0) is 23.8 Å². The number of fused-ring (bicyclic) bond motifs is 1. The summed E-state index contributed by atoms with van der Waals surface area (Å²) in [5.41, 5.74) is 2.57. The predicted molar refractivity (Wildman–Crippen MR) is 71.3 cm³/mol. The van der Waals surface area contributed by atoms with Crippen molar-refractivity contribution in [2.45, 2.75) is 0 Å². The molecule has 1 aromatic carbocycles. The van der Waals surface area contributed by atoms with Crippen LogP contribution in [0.3, 0.4) is 0 Å². The van der Waals surface area contributed by atoms with Gasteiger partial charge in [-0.15, -0.1) is 0 Å². The van der Waals surface area contributed by atoms with Gasteiger partial charge in [-0.3, -0.25) is 0 Å². The number of hydrogen-bond donors (Lipinski definition) is 2.